The van der Waals surface area contributed by atoms with E-state index in [9.17, 15) is 14.9 Å². The third kappa shape index (κ3) is 5.46. The standard InChI is InChI=1S/C33H34N4O6/c1-41-29-12-5-3-8-22(29)20-23-9-7-11-26-31(23)34-36(32(26)25-10-4-6-13-30(25)42-2)33(38)24-14-15-27(28(21-24)37(39)40)35-16-18-43-19-17-35/h3-6,8,10,12-15,20-21,26,32H,7,9,11,16-19H2,1-2H3/b23-20+. The first-order chi connectivity index (χ1) is 21.0. The number of anilines is 1. The van der Waals surface area contributed by atoms with Crippen molar-refractivity contribution < 1.29 is 23.9 Å². The molecular formula is C33H34N4O6. The number of allylic oxidation sites excluding steroid dienone is 1. The summed E-state index contributed by atoms with van der Waals surface area (Å²) in [4.78, 5) is 27.9. The van der Waals surface area contributed by atoms with Gasteiger partial charge in [0.05, 0.1) is 44.1 Å². The van der Waals surface area contributed by atoms with Crippen LogP contribution < -0.4 is 14.4 Å². The minimum atomic E-state index is -0.432. The molecule has 3 aliphatic rings. The monoisotopic (exact) mass is 582 g/mol. The number of nitro benzene ring substituents is 1. The Morgan fingerprint density at radius 3 is 2.49 bits per heavy atom. The fraction of sp³-hybridized carbons (Fsp3) is 0.333. The quantitative estimate of drug-likeness (QED) is 0.253. The lowest BCUT2D eigenvalue weighted by Gasteiger charge is -2.31. The zero-order chi connectivity index (χ0) is 29.9. The van der Waals surface area contributed by atoms with Gasteiger partial charge in [0.1, 0.15) is 17.2 Å². The SMILES string of the molecule is COc1ccccc1/C=C1\CCCC2C1=NN(C(=O)c1ccc(N3CCOCC3)c([N+](=O)[O-])c1)C2c1ccccc1OC. The normalized spacial score (nSPS) is 20.9. The Balaban J connectivity index is 1.43. The van der Waals surface area contributed by atoms with Gasteiger partial charge in [-0.3, -0.25) is 14.9 Å². The second kappa shape index (κ2) is 12.3. The molecule has 3 aromatic carbocycles. The fourth-order valence-electron chi connectivity index (χ4n) is 6.37. The molecule has 0 spiro atoms. The highest BCUT2D eigenvalue weighted by Crippen LogP contribution is 2.47. The van der Waals surface area contributed by atoms with Crippen LogP contribution in [0.3, 0.4) is 0 Å². The molecule has 10 nitrogen and oxygen atoms in total. The molecule has 1 saturated carbocycles. The van der Waals surface area contributed by atoms with E-state index in [4.69, 9.17) is 19.3 Å². The average molecular weight is 583 g/mol. The minimum Gasteiger partial charge on any atom is -0.496 e. The van der Waals surface area contributed by atoms with Gasteiger partial charge in [-0.15, -0.1) is 0 Å². The van der Waals surface area contributed by atoms with Crippen molar-refractivity contribution in [3.05, 3.63) is 99.1 Å². The van der Waals surface area contributed by atoms with E-state index in [0.717, 1.165) is 47.4 Å². The van der Waals surface area contributed by atoms with E-state index in [2.05, 4.69) is 6.08 Å². The predicted octanol–water partition coefficient (Wildman–Crippen LogP) is 5.89. The van der Waals surface area contributed by atoms with E-state index >= 15 is 0 Å². The highest BCUT2D eigenvalue weighted by molar-refractivity contribution is 6.09. The number of benzene rings is 3. The van der Waals surface area contributed by atoms with E-state index in [1.165, 1.54) is 11.1 Å². The summed E-state index contributed by atoms with van der Waals surface area (Å²) in [6.45, 7) is 2.09. The second-order valence-corrected chi connectivity index (χ2v) is 10.8. The van der Waals surface area contributed by atoms with Gasteiger partial charge in [-0.05, 0) is 55.2 Å². The maximum Gasteiger partial charge on any atom is 0.293 e. The van der Waals surface area contributed by atoms with E-state index in [1.807, 2.05) is 53.4 Å². The summed E-state index contributed by atoms with van der Waals surface area (Å²) in [7, 11) is 3.26. The average Bonchev–Trinajstić information content (AvgIpc) is 3.45. The first-order valence-corrected chi connectivity index (χ1v) is 14.5. The Hall–Kier alpha value is -4.70. The highest BCUT2D eigenvalue weighted by Gasteiger charge is 2.45. The van der Waals surface area contributed by atoms with Crippen molar-refractivity contribution >= 4 is 29.1 Å². The molecule has 6 rings (SSSR count). The summed E-state index contributed by atoms with van der Waals surface area (Å²) in [6, 6.07) is 19.7. The number of nitrogens with zero attached hydrogens (tertiary/aromatic N) is 4. The van der Waals surface area contributed by atoms with Crippen molar-refractivity contribution in [2.45, 2.75) is 25.3 Å². The summed E-state index contributed by atoms with van der Waals surface area (Å²) in [6.07, 6.45) is 4.68. The number of methoxy groups -OCH3 is 2. The minimum absolute atomic E-state index is 0.0717. The summed E-state index contributed by atoms with van der Waals surface area (Å²) in [5.41, 5.74) is 4.26. The fourth-order valence-corrected chi connectivity index (χ4v) is 6.37. The number of para-hydroxylation sites is 2. The van der Waals surface area contributed by atoms with Crippen molar-refractivity contribution in [2.24, 2.45) is 11.0 Å². The summed E-state index contributed by atoms with van der Waals surface area (Å²) >= 11 is 0. The number of carbonyl (C=O) groups is 1. The molecule has 1 aliphatic carbocycles. The van der Waals surface area contributed by atoms with Crippen LogP contribution in [0.4, 0.5) is 11.4 Å². The molecule has 43 heavy (non-hydrogen) atoms. The Bertz CT molecular complexity index is 1600. The molecule has 2 atom stereocenters. The number of hydrogen-bond donors (Lipinski definition) is 0. The summed E-state index contributed by atoms with van der Waals surface area (Å²) in [5, 5.41) is 18.6. The van der Waals surface area contributed by atoms with Gasteiger partial charge in [0.2, 0.25) is 0 Å². The molecule has 2 aliphatic heterocycles. The van der Waals surface area contributed by atoms with Crippen LogP contribution in [0.25, 0.3) is 6.08 Å². The lowest BCUT2D eigenvalue weighted by molar-refractivity contribution is -0.384. The van der Waals surface area contributed by atoms with Crippen LogP contribution in [0, 0.1) is 16.0 Å². The number of morpholine rings is 1. The van der Waals surface area contributed by atoms with Gasteiger partial charge in [0.15, 0.2) is 0 Å². The number of hydrazone groups is 1. The van der Waals surface area contributed by atoms with Gasteiger partial charge < -0.3 is 19.1 Å². The maximum absolute atomic E-state index is 14.3. The molecule has 0 N–H and O–H groups in total. The number of hydrogen-bond acceptors (Lipinski definition) is 8. The molecule has 0 aromatic heterocycles. The third-order valence-electron chi connectivity index (χ3n) is 8.41. The van der Waals surface area contributed by atoms with Crippen LogP contribution in [0.1, 0.15) is 46.8 Å². The second-order valence-electron chi connectivity index (χ2n) is 10.8. The van der Waals surface area contributed by atoms with Crippen molar-refractivity contribution in [3.8, 4) is 11.5 Å². The van der Waals surface area contributed by atoms with Gasteiger partial charge in [0.25, 0.3) is 11.6 Å². The summed E-state index contributed by atoms with van der Waals surface area (Å²) < 4.78 is 16.7. The molecule has 2 unspecified atom stereocenters. The Morgan fingerprint density at radius 1 is 1.02 bits per heavy atom. The largest absolute Gasteiger partial charge is 0.496 e. The molecule has 222 valence electrons. The molecule has 2 fully saturated rings. The number of nitro groups is 1. The summed E-state index contributed by atoms with van der Waals surface area (Å²) in [5.74, 6) is 0.956. The lowest BCUT2D eigenvalue weighted by Crippen LogP contribution is -2.36. The molecule has 1 amide bonds. The van der Waals surface area contributed by atoms with E-state index in [1.54, 1.807) is 26.4 Å². The van der Waals surface area contributed by atoms with Crippen LogP contribution in [-0.2, 0) is 4.74 Å². The van der Waals surface area contributed by atoms with Gasteiger partial charge in [-0.1, -0.05) is 36.4 Å². The maximum atomic E-state index is 14.3. The Morgan fingerprint density at radius 2 is 1.74 bits per heavy atom. The van der Waals surface area contributed by atoms with Crippen LogP contribution in [0.15, 0.2) is 77.4 Å². The molecule has 0 radical (unpaired) electrons. The van der Waals surface area contributed by atoms with Crippen molar-refractivity contribution in [1.82, 2.24) is 5.01 Å². The van der Waals surface area contributed by atoms with Crippen molar-refractivity contribution in [3.63, 3.8) is 0 Å². The van der Waals surface area contributed by atoms with Gasteiger partial charge >= 0.3 is 0 Å². The van der Waals surface area contributed by atoms with Crippen molar-refractivity contribution in [2.75, 3.05) is 45.4 Å². The Labute approximate surface area is 250 Å². The topological polar surface area (TPSA) is 107 Å². The molecular weight excluding hydrogens is 548 g/mol. The Kier molecular flexibility index (Phi) is 8.11. The van der Waals surface area contributed by atoms with Gasteiger partial charge in [-0.25, -0.2) is 5.01 Å². The number of amides is 1. The first-order valence-electron chi connectivity index (χ1n) is 14.5. The predicted molar refractivity (Wildman–Crippen MR) is 164 cm³/mol. The van der Waals surface area contributed by atoms with Gasteiger partial charge in [0, 0.05) is 41.8 Å². The van der Waals surface area contributed by atoms with E-state index in [0.29, 0.717) is 37.7 Å². The number of fused-ring (bicyclic) bond motifs is 1. The van der Waals surface area contributed by atoms with Crippen LogP contribution in [0.2, 0.25) is 0 Å². The molecule has 0 bridgehead atoms. The molecule has 2 heterocycles. The zero-order valence-corrected chi connectivity index (χ0v) is 24.3. The number of carbonyl (C=O) groups excluding carboxylic acids is 1. The molecule has 10 heteroatoms. The van der Waals surface area contributed by atoms with Gasteiger partial charge in [-0.2, -0.15) is 5.10 Å². The van der Waals surface area contributed by atoms with Crippen molar-refractivity contribution in [1.29, 1.82) is 0 Å². The number of ether oxygens (including phenoxy) is 3. The highest BCUT2D eigenvalue weighted by atomic mass is 16.6. The van der Waals surface area contributed by atoms with E-state index < -0.39 is 16.9 Å². The van der Waals surface area contributed by atoms with Crippen LogP contribution >= 0.6 is 0 Å². The zero-order valence-electron chi connectivity index (χ0n) is 24.3. The first kappa shape index (κ1) is 28.4. The lowest BCUT2D eigenvalue weighted by atomic mass is 9.77. The molecule has 3 aromatic rings. The molecule has 1 saturated heterocycles. The smallest absolute Gasteiger partial charge is 0.293 e. The van der Waals surface area contributed by atoms with Crippen LogP contribution in [-0.4, -0.2) is 62.1 Å². The third-order valence-corrected chi connectivity index (χ3v) is 8.41. The van der Waals surface area contributed by atoms with Crippen LogP contribution in [0.5, 0.6) is 11.5 Å². The number of rotatable bonds is 7. The van der Waals surface area contributed by atoms with E-state index in [-0.39, 0.29) is 17.2 Å².